The van der Waals surface area contributed by atoms with Crippen molar-refractivity contribution in [2.75, 3.05) is 25.0 Å². The van der Waals surface area contributed by atoms with Crippen molar-refractivity contribution in [3.63, 3.8) is 0 Å². The zero-order valence-corrected chi connectivity index (χ0v) is 13.3. The minimum absolute atomic E-state index is 0.0308. The third-order valence-electron chi connectivity index (χ3n) is 4.07. The van der Waals surface area contributed by atoms with E-state index in [4.69, 9.17) is 4.52 Å². The molecule has 1 fully saturated rings. The summed E-state index contributed by atoms with van der Waals surface area (Å²) < 4.78 is 6.82. The van der Waals surface area contributed by atoms with Crippen molar-refractivity contribution < 1.29 is 9.32 Å². The molecule has 0 aromatic carbocycles. The summed E-state index contributed by atoms with van der Waals surface area (Å²) in [6, 6.07) is 1.72. The number of rotatable bonds is 6. The molecule has 3 rings (SSSR count). The maximum absolute atomic E-state index is 12.0. The molecule has 0 bridgehead atoms. The number of aryl methyl sites for hydroxylation is 1. The van der Waals surface area contributed by atoms with Gasteiger partial charge in [0.1, 0.15) is 18.4 Å². The monoisotopic (exact) mass is 318 g/mol. The van der Waals surface area contributed by atoms with Crippen molar-refractivity contribution in [3.8, 4) is 0 Å². The first kappa shape index (κ1) is 15.7. The fourth-order valence-electron chi connectivity index (χ4n) is 2.99. The van der Waals surface area contributed by atoms with Crippen LogP contribution in [-0.2, 0) is 11.3 Å². The van der Waals surface area contributed by atoms with Crippen LogP contribution in [-0.4, -0.2) is 50.4 Å². The Morgan fingerprint density at radius 3 is 3.17 bits per heavy atom. The normalized spacial score (nSPS) is 18.9. The van der Waals surface area contributed by atoms with E-state index in [1.54, 1.807) is 25.6 Å². The summed E-state index contributed by atoms with van der Waals surface area (Å²) in [5, 5.41) is 10.7. The molecular formula is C15H22N6O2. The molecule has 0 spiro atoms. The summed E-state index contributed by atoms with van der Waals surface area (Å²) in [5.41, 5.74) is 0. The lowest BCUT2D eigenvalue weighted by atomic mass is 9.98. The van der Waals surface area contributed by atoms with E-state index in [0.717, 1.165) is 32.6 Å². The first-order valence-corrected chi connectivity index (χ1v) is 7.97. The maximum atomic E-state index is 12.0. The lowest BCUT2D eigenvalue weighted by Gasteiger charge is -2.32. The minimum atomic E-state index is -0.0308. The highest BCUT2D eigenvalue weighted by Crippen LogP contribution is 2.18. The van der Waals surface area contributed by atoms with Gasteiger partial charge in [-0.2, -0.15) is 5.10 Å². The van der Waals surface area contributed by atoms with Crippen molar-refractivity contribution in [1.82, 2.24) is 24.8 Å². The van der Waals surface area contributed by atoms with Gasteiger partial charge in [0.25, 0.3) is 0 Å². The van der Waals surface area contributed by atoms with E-state index in [2.05, 4.69) is 25.5 Å². The van der Waals surface area contributed by atoms with Crippen LogP contribution in [0.5, 0.6) is 0 Å². The molecule has 8 nitrogen and oxygen atoms in total. The number of nitrogens with one attached hydrogen (secondary N) is 1. The van der Waals surface area contributed by atoms with Crippen LogP contribution in [0.4, 0.5) is 5.82 Å². The van der Waals surface area contributed by atoms with E-state index >= 15 is 0 Å². The fourth-order valence-corrected chi connectivity index (χ4v) is 2.99. The van der Waals surface area contributed by atoms with Crippen molar-refractivity contribution >= 4 is 11.7 Å². The third kappa shape index (κ3) is 4.62. The number of piperidine rings is 1. The molecule has 3 heterocycles. The lowest BCUT2D eigenvalue weighted by molar-refractivity contribution is -0.116. The first-order chi connectivity index (χ1) is 11.2. The fraction of sp³-hybridized carbons (Fsp3) is 0.600. The van der Waals surface area contributed by atoms with Gasteiger partial charge in [0.15, 0.2) is 5.82 Å². The zero-order chi connectivity index (χ0) is 16.1. The van der Waals surface area contributed by atoms with Gasteiger partial charge in [0.05, 0.1) is 0 Å². The molecule has 124 valence electrons. The number of hydrogen-bond acceptors (Lipinski definition) is 6. The highest BCUT2D eigenvalue weighted by atomic mass is 16.5. The molecule has 0 unspecified atom stereocenters. The second kappa shape index (κ2) is 7.36. The Bertz CT molecular complexity index is 624. The van der Waals surface area contributed by atoms with Gasteiger partial charge in [0.2, 0.25) is 5.91 Å². The molecule has 8 heteroatoms. The average Bonchev–Trinajstić information content (AvgIpc) is 3.18. The van der Waals surface area contributed by atoms with Gasteiger partial charge in [-0.1, -0.05) is 5.16 Å². The molecule has 1 saturated heterocycles. The smallest absolute Gasteiger partial charge is 0.226 e. The van der Waals surface area contributed by atoms with Crippen LogP contribution in [0.3, 0.4) is 0 Å². The second-order valence-corrected chi connectivity index (χ2v) is 6.05. The molecule has 1 amide bonds. The lowest BCUT2D eigenvalue weighted by Crippen LogP contribution is -2.38. The summed E-state index contributed by atoms with van der Waals surface area (Å²) in [6.07, 6.45) is 6.13. The number of carbonyl (C=O) groups is 1. The summed E-state index contributed by atoms with van der Waals surface area (Å²) in [4.78, 5) is 18.3. The van der Waals surface area contributed by atoms with E-state index in [9.17, 15) is 4.79 Å². The molecule has 2 aromatic rings. The number of nitrogens with zero attached hydrogens (tertiary/aromatic N) is 5. The Labute approximate surface area is 134 Å². The van der Waals surface area contributed by atoms with Gasteiger partial charge in [-0.05, 0) is 32.2 Å². The van der Waals surface area contributed by atoms with Gasteiger partial charge >= 0.3 is 0 Å². The molecule has 1 aliphatic rings. The molecule has 0 radical (unpaired) electrons. The average molecular weight is 318 g/mol. The largest absolute Gasteiger partial charge is 0.360 e. The van der Waals surface area contributed by atoms with Crippen molar-refractivity contribution in [3.05, 3.63) is 24.5 Å². The Balaban J connectivity index is 1.41. The number of amides is 1. The Kier molecular flexibility index (Phi) is 5.02. The van der Waals surface area contributed by atoms with Crippen molar-refractivity contribution in [2.45, 2.75) is 32.7 Å². The first-order valence-electron chi connectivity index (χ1n) is 7.97. The van der Waals surface area contributed by atoms with Gasteiger partial charge in [-0.3, -0.25) is 9.48 Å². The van der Waals surface area contributed by atoms with E-state index in [1.807, 2.05) is 4.68 Å². The van der Waals surface area contributed by atoms with Crippen molar-refractivity contribution in [2.24, 2.45) is 5.92 Å². The van der Waals surface area contributed by atoms with E-state index in [1.165, 1.54) is 6.42 Å². The molecule has 1 atom stereocenters. The summed E-state index contributed by atoms with van der Waals surface area (Å²) in [7, 11) is 0. The minimum Gasteiger partial charge on any atom is -0.360 e. The molecular weight excluding hydrogens is 296 g/mol. The van der Waals surface area contributed by atoms with E-state index < -0.39 is 0 Å². The Morgan fingerprint density at radius 1 is 1.52 bits per heavy atom. The van der Waals surface area contributed by atoms with Gasteiger partial charge < -0.3 is 14.7 Å². The van der Waals surface area contributed by atoms with Crippen LogP contribution in [0.1, 0.15) is 25.0 Å². The third-order valence-corrected chi connectivity index (χ3v) is 4.07. The molecule has 1 N–H and O–H groups in total. The maximum Gasteiger partial charge on any atom is 0.226 e. The van der Waals surface area contributed by atoms with Crippen LogP contribution >= 0.6 is 0 Å². The summed E-state index contributed by atoms with van der Waals surface area (Å²) >= 11 is 0. The zero-order valence-electron chi connectivity index (χ0n) is 13.3. The summed E-state index contributed by atoms with van der Waals surface area (Å²) in [6.45, 7) is 5.49. The van der Waals surface area contributed by atoms with Gasteiger partial charge in [0, 0.05) is 32.1 Å². The SMILES string of the molecule is Cc1cc(NC(=O)CCN2CCC[C@H](Cn3cncn3)C2)no1. The number of aromatic nitrogens is 4. The number of likely N-dealkylation sites (tertiary alicyclic amines) is 1. The quantitative estimate of drug-likeness (QED) is 0.864. The Hall–Kier alpha value is -2.22. The molecule has 1 aliphatic heterocycles. The Morgan fingerprint density at radius 2 is 2.43 bits per heavy atom. The predicted molar refractivity (Wildman–Crippen MR) is 83.7 cm³/mol. The summed E-state index contributed by atoms with van der Waals surface area (Å²) in [5.74, 6) is 1.70. The highest BCUT2D eigenvalue weighted by molar-refractivity contribution is 5.89. The molecule has 2 aromatic heterocycles. The predicted octanol–water partition coefficient (Wildman–Crippen LogP) is 1.32. The van der Waals surface area contributed by atoms with Crippen LogP contribution in [0.15, 0.2) is 23.2 Å². The topological polar surface area (TPSA) is 89.1 Å². The van der Waals surface area contributed by atoms with Gasteiger partial charge in [-0.15, -0.1) is 0 Å². The van der Waals surface area contributed by atoms with E-state index in [0.29, 0.717) is 23.9 Å². The standard InChI is InChI=1S/C15H22N6O2/c1-12-7-14(19-23-12)18-15(22)4-6-20-5-2-3-13(8-20)9-21-11-16-10-17-21/h7,10-11,13H,2-6,8-9H2,1H3,(H,18,19,22)/t13-/m0/s1. The molecule has 0 saturated carbocycles. The highest BCUT2D eigenvalue weighted by Gasteiger charge is 2.21. The van der Waals surface area contributed by atoms with Gasteiger partial charge in [-0.25, -0.2) is 4.98 Å². The second-order valence-electron chi connectivity index (χ2n) is 6.05. The number of carbonyl (C=O) groups excluding carboxylic acids is 1. The van der Waals surface area contributed by atoms with Crippen LogP contribution in [0.2, 0.25) is 0 Å². The molecule has 23 heavy (non-hydrogen) atoms. The van der Waals surface area contributed by atoms with Crippen LogP contribution < -0.4 is 5.32 Å². The van der Waals surface area contributed by atoms with Crippen LogP contribution in [0.25, 0.3) is 0 Å². The number of anilines is 1. The van der Waals surface area contributed by atoms with Crippen molar-refractivity contribution in [1.29, 1.82) is 0 Å². The van der Waals surface area contributed by atoms with E-state index in [-0.39, 0.29) is 5.91 Å². The molecule has 0 aliphatic carbocycles. The van der Waals surface area contributed by atoms with Crippen LogP contribution in [0, 0.1) is 12.8 Å². The number of hydrogen-bond donors (Lipinski definition) is 1.